The number of hydrogen-bond acceptors (Lipinski definition) is 1. The first-order valence-electron chi connectivity index (χ1n) is 7.35. The number of carbonyl (C=O) groups excluding carboxylic acids is 1. The van der Waals surface area contributed by atoms with E-state index in [9.17, 15) is 4.79 Å². The fourth-order valence-electron chi connectivity index (χ4n) is 3.09. The van der Waals surface area contributed by atoms with E-state index in [0.29, 0.717) is 11.8 Å². The van der Waals surface area contributed by atoms with Gasteiger partial charge in [0.2, 0.25) is 5.91 Å². The highest BCUT2D eigenvalue weighted by molar-refractivity contribution is 6.17. The van der Waals surface area contributed by atoms with Crippen LogP contribution in [0.4, 0.5) is 0 Å². The molecule has 0 bridgehead atoms. The Morgan fingerprint density at radius 2 is 2.17 bits per heavy atom. The van der Waals surface area contributed by atoms with E-state index >= 15 is 0 Å². The van der Waals surface area contributed by atoms with Crippen LogP contribution < -0.4 is 5.32 Å². The molecule has 106 valence electrons. The lowest BCUT2D eigenvalue weighted by Crippen LogP contribution is -2.38. The Morgan fingerprint density at radius 1 is 1.44 bits per heavy atom. The first kappa shape index (κ1) is 15.8. The van der Waals surface area contributed by atoms with Gasteiger partial charge < -0.3 is 5.32 Å². The van der Waals surface area contributed by atoms with Crippen molar-refractivity contribution in [2.24, 2.45) is 17.3 Å². The first-order chi connectivity index (χ1) is 8.51. The van der Waals surface area contributed by atoms with E-state index in [1.54, 1.807) is 0 Å². The Labute approximate surface area is 117 Å². The second-order valence-electron chi connectivity index (χ2n) is 6.31. The van der Waals surface area contributed by atoms with Gasteiger partial charge in [-0.3, -0.25) is 4.79 Å². The van der Waals surface area contributed by atoms with E-state index in [1.807, 2.05) is 0 Å². The second kappa shape index (κ2) is 7.37. The molecular weight excluding hydrogens is 246 g/mol. The van der Waals surface area contributed by atoms with Gasteiger partial charge in [0.15, 0.2) is 0 Å². The van der Waals surface area contributed by atoms with Crippen LogP contribution in [-0.4, -0.2) is 18.3 Å². The molecule has 1 aliphatic carbocycles. The summed E-state index contributed by atoms with van der Waals surface area (Å²) in [6.45, 7) is 7.41. The zero-order valence-electron chi connectivity index (χ0n) is 12.1. The van der Waals surface area contributed by atoms with Crippen LogP contribution in [0.15, 0.2) is 0 Å². The van der Waals surface area contributed by atoms with E-state index in [1.165, 1.54) is 12.8 Å². The summed E-state index contributed by atoms with van der Waals surface area (Å²) >= 11 is 5.81. The fraction of sp³-hybridized carbons (Fsp3) is 0.933. The van der Waals surface area contributed by atoms with Crippen LogP contribution in [-0.2, 0) is 4.79 Å². The molecular formula is C15H28ClNO. The highest BCUT2D eigenvalue weighted by Crippen LogP contribution is 2.42. The molecule has 0 heterocycles. The van der Waals surface area contributed by atoms with Crippen molar-refractivity contribution in [1.29, 1.82) is 0 Å². The van der Waals surface area contributed by atoms with Crippen LogP contribution >= 0.6 is 11.6 Å². The summed E-state index contributed by atoms with van der Waals surface area (Å²) in [5, 5.41) is 3.15. The van der Waals surface area contributed by atoms with Crippen molar-refractivity contribution >= 4 is 17.5 Å². The van der Waals surface area contributed by atoms with E-state index in [0.717, 1.165) is 32.2 Å². The van der Waals surface area contributed by atoms with Gasteiger partial charge >= 0.3 is 0 Å². The molecule has 2 unspecified atom stereocenters. The Balaban J connectivity index is 2.39. The number of carbonyl (C=O) groups is 1. The van der Waals surface area contributed by atoms with Crippen LogP contribution in [0.2, 0.25) is 0 Å². The molecule has 0 saturated heterocycles. The quantitative estimate of drug-likeness (QED) is 0.699. The zero-order valence-corrected chi connectivity index (χ0v) is 12.9. The maximum Gasteiger partial charge on any atom is 0.223 e. The second-order valence-corrected chi connectivity index (χ2v) is 6.69. The average Bonchev–Trinajstić information content (AvgIpc) is 2.66. The summed E-state index contributed by atoms with van der Waals surface area (Å²) in [5.74, 6) is 1.69. The number of hydrogen-bond donors (Lipinski definition) is 1. The maximum absolute atomic E-state index is 12.2. The van der Waals surface area contributed by atoms with Gasteiger partial charge in [-0.1, -0.05) is 33.6 Å². The molecule has 1 rings (SSSR count). The highest BCUT2D eigenvalue weighted by Gasteiger charge is 2.39. The van der Waals surface area contributed by atoms with Crippen molar-refractivity contribution < 1.29 is 4.79 Å². The molecule has 1 aliphatic rings. The lowest BCUT2D eigenvalue weighted by Gasteiger charge is -2.26. The molecule has 0 aliphatic heterocycles. The van der Waals surface area contributed by atoms with Gasteiger partial charge in [-0.2, -0.15) is 0 Å². The third-order valence-corrected chi connectivity index (χ3v) is 4.57. The number of nitrogens with one attached hydrogen (secondary N) is 1. The molecule has 0 spiro atoms. The lowest BCUT2D eigenvalue weighted by atomic mass is 9.81. The Hall–Kier alpha value is -0.240. The van der Waals surface area contributed by atoms with Crippen LogP contribution in [0.1, 0.15) is 59.3 Å². The third kappa shape index (κ3) is 4.46. The van der Waals surface area contributed by atoms with Gasteiger partial charge in [0.25, 0.3) is 0 Å². The zero-order chi connectivity index (χ0) is 13.6. The fourth-order valence-corrected chi connectivity index (χ4v) is 3.40. The Kier molecular flexibility index (Phi) is 6.48. The number of amides is 1. The smallest absolute Gasteiger partial charge is 0.223 e. The standard InChI is InChI=1S/C15H28ClNO/c1-4-6-12(8-10-16)11-17-14(18)13-7-5-9-15(13,2)3/h12-13H,4-11H2,1-3H3,(H,17,18). The molecule has 2 atom stereocenters. The predicted molar refractivity (Wildman–Crippen MR) is 77.9 cm³/mol. The van der Waals surface area contributed by atoms with E-state index in [4.69, 9.17) is 11.6 Å². The molecule has 1 amide bonds. The van der Waals surface area contributed by atoms with Crippen molar-refractivity contribution in [3.63, 3.8) is 0 Å². The molecule has 18 heavy (non-hydrogen) atoms. The summed E-state index contributed by atoms with van der Waals surface area (Å²) in [7, 11) is 0. The molecule has 1 N–H and O–H groups in total. The molecule has 0 radical (unpaired) electrons. The van der Waals surface area contributed by atoms with Crippen LogP contribution in [0, 0.1) is 17.3 Å². The average molecular weight is 274 g/mol. The molecule has 0 aromatic rings. The SMILES string of the molecule is CCCC(CCCl)CNC(=O)C1CCCC1(C)C. The van der Waals surface area contributed by atoms with Gasteiger partial charge in [-0.25, -0.2) is 0 Å². The minimum absolute atomic E-state index is 0.177. The van der Waals surface area contributed by atoms with Gasteiger partial charge in [0, 0.05) is 18.3 Å². The molecule has 3 heteroatoms. The van der Waals surface area contributed by atoms with Gasteiger partial charge in [0.1, 0.15) is 0 Å². The van der Waals surface area contributed by atoms with E-state index in [2.05, 4.69) is 26.1 Å². The van der Waals surface area contributed by atoms with E-state index < -0.39 is 0 Å². The maximum atomic E-state index is 12.2. The topological polar surface area (TPSA) is 29.1 Å². The van der Waals surface area contributed by atoms with Gasteiger partial charge in [-0.05, 0) is 37.0 Å². The van der Waals surface area contributed by atoms with Crippen molar-refractivity contribution in [2.75, 3.05) is 12.4 Å². The van der Waals surface area contributed by atoms with Crippen LogP contribution in [0.5, 0.6) is 0 Å². The number of rotatable bonds is 7. The van der Waals surface area contributed by atoms with Crippen molar-refractivity contribution in [3.05, 3.63) is 0 Å². The summed E-state index contributed by atoms with van der Waals surface area (Å²) < 4.78 is 0. The summed E-state index contributed by atoms with van der Waals surface area (Å²) in [6, 6.07) is 0. The number of alkyl halides is 1. The Morgan fingerprint density at radius 3 is 2.67 bits per heavy atom. The molecule has 2 nitrogen and oxygen atoms in total. The minimum atomic E-state index is 0.177. The minimum Gasteiger partial charge on any atom is -0.356 e. The predicted octanol–water partition coefficient (Wildman–Crippen LogP) is 3.97. The largest absolute Gasteiger partial charge is 0.356 e. The van der Waals surface area contributed by atoms with Gasteiger partial charge in [0.05, 0.1) is 0 Å². The molecule has 1 saturated carbocycles. The van der Waals surface area contributed by atoms with Crippen molar-refractivity contribution in [1.82, 2.24) is 5.32 Å². The van der Waals surface area contributed by atoms with E-state index in [-0.39, 0.29) is 17.2 Å². The van der Waals surface area contributed by atoms with Crippen molar-refractivity contribution in [2.45, 2.75) is 59.3 Å². The lowest BCUT2D eigenvalue weighted by molar-refractivity contribution is -0.127. The molecule has 0 aromatic carbocycles. The third-order valence-electron chi connectivity index (χ3n) is 4.35. The summed E-state index contributed by atoms with van der Waals surface area (Å²) in [6.07, 6.45) is 6.72. The highest BCUT2D eigenvalue weighted by atomic mass is 35.5. The van der Waals surface area contributed by atoms with Crippen LogP contribution in [0.25, 0.3) is 0 Å². The normalized spacial score (nSPS) is 23.9. The first-order valence-corrected chi connectivity index (χ1v) is 7.88. The van der Waals surface area contributed by atoms with Crippen molar-refractivity contribution in [3.8, 4) is 0 Å². The Bertz CT molecular complexity index is 259. The molecule has 1 fully saturated rings. The molecule has 0 aromatic heterocycles. The van der Waals surface area contributed by atoms with Crippen LogP contribution in [0.3, 0.4) is 0 Å². The summed E-state index contributed by atoms with van der Waals surface area (Å²) in [5.41, 5.74) is 0.177. The monoisotopic (exact) mass is 273 g/mol. The van der Waals surface area contributed by atoms with Gasteiger partial charge in [-0.15, -0.1) is 11.6 Å². The summed E-state index contributed by atoms with van der Waals surface area (Å²) in [4.78, 5) is 12.2. The number of halogens is 1.